The van der Waals surface area contributed by atoms with Crippen LogP contribution in [0.5, 0.6) is 0 Å². The first-order valence-electron chi connectivity index (χ1n) is 4.18. The molecule has 10 heavy (non-hydrogen) atoms. The maximum absolute atomic E-state index is 5.56. The molecule has 1 nitrogen and oxygen atoms in total. The Morgan fingerprint density at radius 1 is 1.80 bits per heavy atom. The summed E-state index contributed by atoms with van der Waals surface area (Å²) in [5, 5.41) is 0. The van der Waals surface area contributed by atoms with E-state index in [-0.39, 0.29) is 0 Å². The van der Waals surface area contributed by atoms with Crippen molar-refractivity contribution in [3.05, 3.63) is 11.6 Å². The van der Waals surface area contributed by atoms with Gasteiger partial charge in [-0.2, -0.15) is 0 Å². The van der Waals surface area contributed by atoms with E-state index in [1.165, 1.54) is 12.8 Å². The van der Waals surface area contributed by atoms with Gasteiger partial charge >= 0.3 is 0 Å². The Morgan fingerprint density at radius 2 is 2.40 bits per heavy atom. The zero-order valence-corrected chi connectivity index (χ0v) is 6.93. The van der Waals surface area contributed by atoms with Crippen molar-refractivity contribution in [1.82, 2.24) is 0 Å². The van der Waals surface area contributed by atoms with Gasteiger partial charge in [0.25, 0.3) is 0 Å². The summed E-state index contributed by atoms with van der Waals surface area (Å²) in [6.45, 7) is 5.28. The van der Waals surface area contributed by atoms with E-state index >= 15 is 0 Å². The molecular formula is C9H17N. The third-order valence-electron chi connectivity index (χ3n) is 2.29. The fourth-order valence-electron chi connectivity index (χ4n) is 1.18. The summed E-state index contributed by atoms with van der Waals surface area (Å²) >= 11 is 0. The highest BCUT2D eigenvalue weighted by molar-refractivity contribution is 5.22. The lowest BCUT2D eigenvalue weighted by Gasteiger charge is -2.03. The topological polar surface area (TPSA) is 26.0 Å². The van der Waals surface area contributed by atoms with Crippen LogP contribution in [0, 0.1) is 11.8 Å². The lowest BCUT2D eigenvalue weighted by molar-refractivity contribution is 0.637. The third kappa shape index (κ3) is 1.84. The summed E-state index contributed by atoms with van der Waals surface area (Å²) < 4.78 is 0. The SMILES string of the molecule is CC[C@H](/C=C1\CC1C)CN. The number of rotatable bonds is 3. The van der Waals surface area contributed by atoms with Crippen LogP contribution in [0.2, 0.25) is 0 Å². The normalized spacial score (nSPS) is 30.7. The van der Waals surface area contributed by atoms with Gasteiger partial charge in [0.2, 0.25) is 0 Å². The molecule has 0 aliphatic heterocycles. The van der Waals surface area contributed by atoms with Crippen LogP contribution >= 0.6 is 0 Å². The summed E-state index contributed by atoms with van der Waals surface area (Å²) in [5.41, 5.74) is 7.18. The van der Waals surface area contributed by atoms with E-state index in [0.29, 0.717) is 5.92 Å². The highest BCUT2D eigenvalue weighted by Crippen LogP contribution is 2.37. The average molecular weight is 139 g/mol. The van der Waals surface area contributed by atoms with Crippen molar-refractivity contribution in [2.24, 2.45) is 17.6 Å². The molecule has 0 spiro atoms. The predicted molar refractivity (Wildman–Crippen MR) is 44.7 cm³/mol. The van der Waals surface area contributed by atoms with E-state index in [2.05, 4.69) is 19.9 Å². The summed E-state index contributed by atoms with van der Waals surface area (Å²) in [4.78, 5) is 0. The van der Waals surface area contributed by atoms with Crippen molar-refractivity contribution in [3.63, 3.8) is 0 Å². The van der Waals surface area contributed by atoms with Crippen molar-refractivity contribution in [1.29, 1.82) is 0 Å². The molecule has 1 aliphatic rings. The van der Waals surface area contributed by atoms with Gasteiger partial charge in [-0.3, -0.25) is 0 Å². The maximum atomic E-state index is 5.56. The van der Waals surface area contributed by atoms with Gasteiger partial charge in [0.05, 0.1) is 0 Å². The molecule has 1 aliphatic carbocycles. The fourth-order valence-corrected chi connectivity index (χ4v) is 1.18. The van der Waals surface area contributed by atoms with Crippen LogP contribution in [0.4, 0.5) is 0 Å². The molecule has 58 valence electrons. The van der Waals surface area contributed by atoms with Gasteiger partial charge in [-0.1, -0.05) is 25.5 Å². The Bertz CT molecular complexity index is 134. The first-order chi connectivity index (χ1) is 4.77. The summed E-state index contributed by atoms with van der Waals surface area (Å²) in [5.74, 6) is 1.50. The molecule has 2 atom stereocenters. The fraction of sp³-hybridized carbons (Fsp3) is 0.778. The van der Waals surface area contributed by atoms with E-state index in [1.54, 1.807) is 5.57 Å². The summed E-state index contributed by atoms with van der Waals surface area (Å²) in [6.07, 6.45) is 4.87. The van der Waals surface area contributed by atoms with Gasteiger partial charge in [0.15, 0.2) is 0 Å². The largest absolute Gasteiger partial charge is 0.330 e. The number of hydrogen-bond acceptors (Lipinski definition) is 1. The Labute approximate surface area is 63.3 Å². The zero-order chi connectivity index (χ0) is 7.56. The quantitative estimate of drug-likeness (QED) is 0.594. The van der Waals surface area contributed by atoms with Crippen LogP contribution < -0.4 is 5.73 Å². The molecule has 1 unspecified atom stereocenters. The van der Waals surface area contributed by atoms with E-state index in [9.17, 15) is 0 Å². The molecule has 1 rings (SSSR count). The molecule has 0 aromatic carbocycles. The van der Waals surface area contributed by atoms with Crippen molar-refractivity contribution in [2.45, 2.75) is 26.7 Å². The van der Waals surface area contributed by atoms with Gasteiger partial charge in [-0.05, 0) is 31.2 Å². The van der Waals surface area contributed by atoms with Gasteiger partial charge in [-0.25, -0.2) is 0 Å². The smallest absolute Gasteiger partial charge is 0.00142 e. The highest BCUT2D eigenvalue weighted by atomic mass is 14.5. The minimum absolute atomic E-state index is 0.639. The lowest BCUT2D eigenvalue weighted by atomic mass is 10.1. The van der Waals surface area contributed by atoms with Crippen LogP contribution in [0.25, 0.3) is 0 Å². The second-order valence-corrected chi connectivity index (χ2v) is 3.25. The maximum Gasteiger partial charge on any atom is -0.00142 e. The van der Waals surface area contributed by atoms with Crippen LogP contribution in [0.3, 0.4) is 0 Å². The van der Waals surface area contributed by atoms with Crippen molar-refractivity contribution >= 4 is 0 Å². The number of hydrogen-bond donors (Lipinski definition) is 1. The number of allylic oxidation sites excluding steroid dienone is 1. The average Bonchev–Trinajstić information content (AvgIpc) is 2.62. The molecule has 1 fully saturated rings. The van der Waals surface area contributed by atoms with Gasteiger partial charge < -0.3 is 5.73 Å². The van der Waals surface area contributed by atoms with Crippen molar-refractivity contribution in [3.8, 4) is 0 Å². The second kappa shape index (κ2) is 3.20. The van der Waals surface area contributed by atoms with Crippen LogP contribution in [-0.2, 0) is 0 Å². The van der Waals surface area contributed by atoms with Gasteiger partial charge in [-0.15, -0.1) is 0 Å². The minimum Gasteiger partial charge on any atom is -0.330 e. The van der Waals surface area contributed by atoms with Crippen LogP contribution in [0.15, 0.2) is 11.6 Å². The van der Waals surface area contributed by atoms with E-state index < -0.39 is 0 Å². The standard InChI is InChI=1S/C9H17N/c1-3-8(6-10)5-9-4-7(9)2/h5,7-8H,3-4,6,10H2,1-2H3/b9-5+/t7?,8-/m1/s1. The number of nitrogens with two attached hydrogens (primary N) is 1. The lowest BCUT2D eigenvalue weighted by Crippen LogP contribution is -2.10. The summed E-state index contributed by atoms with van der Waals surface area (Å²) in [6, 6.07) is 0. The van der Waals surface area contributed by atoms with E-state index in [1.807, 2.05) is 0 Å². The monoisotopic (exact) mass is 139 g/mol. The van der Waals surface area contributed by atoms with Crippen LogP contribution in [-0.4, -0.2) is 6.54 Å². The van der Waals surface area contributed by atoms with E-state index in [0.717, 1.165) is 12.5 Å². The molecule has 0 heterocycles. The molecule has 0 bridgehead atoms. The third-order valence-corrected chi connectivity index (χ3v) is 2.29. The molecule has 2 N–H and O–H groups in total. The molecule has 0 radical (unpaired) electrons. The first kappa shape index (κ1) is 7.80. The Hall–Kier alpha value is -0.300. The zero-order valence-electron chi connectivity index (χ0n) is 6.93. The second-order valence-electron chi connectivity index (χ2n) is 3.25. The van der Waals surface area contributed by atoms with Gasteiger partial charge in [0.1, 0.15) is 0 Å². The molecule has 0 saturated heterocycles. The van der Waals surface area contributed by atoms with Crippen molar-refractivity contribution in [2.75, 3.05) is 6.54 Å². The molecule has 0 aromatic heterocycles. The minimum atomic E-state index is 0.639. The Balaban J connectivity index is 2.35. The molecular weight excluding hydrogens is 122 g/mol. The molecule has 1 heteroatoms. The molecule has 0 aromatic rings. The predicted octanol–water partition coefficient (Wildman–Crippen LogP) is 1.94. The Kier molecular flexibility index (Phi) is 2.50. The van der Waals surface area contributed by atoms with E-state index in [4.69, 9.17) is 5.73 Å². The molecule has 0 amide bonds. The molecule has 1 saturated carbocycles. The van der Waals surface area contributed by atoms with Gasteiger partial charge in [0, 0.05) is 0 Å². The van der Waals surface area contributed by atoms with Crippen LogP contribution in [0.1, 0.15) is 26.7 Å². The first-order valence-corrected chi connectivity index (χ1v) is 4.18. The summed E-state index contributed by atoms with van der Waals surface area (Å²) in [7, 11) is 0. The Morgan fingerprint density at radius 3 is 2.70 bits per heavy atom. The highest BCUT2D eigenvalue weighted by Gasteiger charge is 2.24. The van der Waals surface area contributed by atoms with Crippen molar-refractivity contribution < 1.29 is 0 Å².